The minimum absolute atomic E-state index is 0.286. The van der Waals surface area contributed by atoms with Gasteiger partial charge in [-0.2, -0.15) is 0 Å². The molecule has 0 saturated heterocycles. The van der Waals surface area contributed by atoms with E-state index < -0.39 is 12.3 Å². The number of alkyl halides is 3. The molecule has 5 nitrogen and oxygen atoms in total. The fraction of sp³-hybridized carbons (Fsp3) is 0.167. The molecular weight excluding hydrogens is 349 g/mol. The Kier molecular flexibility index (Phi) is 6.24. The lowest BCUT2D eigenvalue weighted by Crippen LogP contribution is -2.17. The van der Waals surface area contributed by atoms with Gasteiger partial charge in [0, 0.05) is 17.8 Å². The third-order valence-corrected chi connectivity index (χ3v) is 3.19. The van der Waals surface area contributed by atoms with Gasteiger partial charge in [0.2, 0.25) is 0 Å². The van der Waals surface area contributed by atoms with Gasteiger partial charge in [-0.3, -0.25) is 4.79 Å². The molecule has 0 aliphatic heterocycles. The fourth-order valence-electron chi connectivity index (χ4n) is 1.89. The van der Waals surface area contributed by atoms with Gasteiger partial charge in [0.05, 0.1) is 0 Å². The number of anilines is 1. The Morgan fingerprint density at radius 3 is 2.15 bits per heavy atom. The highest BCUT2D eigenvalue weighted by atomic mass is 19.4. The smallest absolute Gasteiger partial charge is 0.489 e. The topological polar surface area (TPSA) is 73.6 Å². The van der Waals surface area contributed by atoms with Gasteiger partial charge in [0.25, 0.3) is 5.91 Å². The monoisotopic (exact) mass is 366 g/mol. The third-order valence-electron chi connectivity index (χ3n) is 3.19. The summed E-state index contributed by atoms with van der Waals surface area (Å²) in [6.45, 7) is 4.33. The molecule has 1 amide bonds. The number of halogens is 3. The SMILES string of the molecule is C=C(CN)COc1ccc(C(=O)Nc2ccc(OC(F)(F)F)cc2)cc1. The minimum atomic E-state index is -4.76. The summed E-state index contributed by atoms with van der Waals surface area (Å²) in [7, 11) is 0. The number of amides is 1. The summed E-state index contributed by atoms with van der Waals surface area (Å²) in [6, 6.07) is 11.2. The second kappa shape index (κ2) is 8.39. The number of hydrogen-bond acceptors (Lipinski definition) is 4. The molecule has 2 aromatic carbocycles. The van der Waals surface area contributed by atoms with Crippen molar-refractivity contribution in [3.8, 4) is 11.5 Å². The van der Waals surface area contributed by atoms with Crippen LogP contribution in [0.4, 0.5) is 18.9 Å². The van der Waals surface area contributed by atoms with E-state index in [0.717, 1.165) is 17.7 Å². The number of carbonyl (C=O) groups is 1. The second-order valence-electron chi connectivity index (χ2n) is 5.29. The summed E-state index contributed by atoms with van der Waals surface area (Å²) in [5, 5.41) is 2.58. The van der Waals surface area contributed by atoms with Gasteiger partial charge >= 0.3 is 6.36 Å². The Morgan fingerprint density at radius 1 is 1.04 bits per heavy atom. The molecule has 0 heterocycles. The van der Waals surface area contributed by atoms with Crippen molar-refractivity contribution in [2.24, 2.45) is 5.73 Å². The molecule has 0 atom stereocenters. The van der Waals surface area contributed by atoms with E-state index in [2.05, 4.69) is 16.6 Å². The van der Waals surface area contributed by atoms with Crippen molar-refractivity contribution in [1.29, 1.82) is 0 Å². The number of hydrogen-bond donors (Lipinski definition) is 2. The van der Waals surface area contributed by atoms with Crippen LogP contribution in [0.25, 0.3) is 0 Å². The van der Waals surface area contributed by atoms with Crippen molar-refractivity contribution < 1.29 is 27.4 Å². The Hall–Kier alpha value is -3.00. The van der Waals surface area contributed by atoms with Gasteiger partial charge < -0.3 is 20.5 Å². The first-order valence-corrected chi connectivity index (χ1v) is 7.53. The standard InChI is InChI=1S/C18H17F3N2O3/c1-12(10-22)11-25-15-6-2-13(3-7-15)17(24)23-14-4-8-16(9-5-14)26-18(19,20)21/h2-9H,1,10-11,22H2,(H,23,24). The van der Waals surface area contributed by atoms with Crippen molar-refractivity contribution in [2.75, 3.05) is 18.5 Å². The highest BCUT2D eigenvalue weighted by Gasteiger charge is 2.30. The van der Waals surface area contributed by atoms with Gasteiger partial charge in [-0.05, 0) is 54.1 Å². The molecule has 0 fully saturated rings. The number of carbonyl (C=O) groups excluding carboxylic acids is 1. The van der Waals surface area contributed by atoms with E-state index in [1.54, 1.807) is 24.3 Å². The number of nitrogens with one attached hydrogen (secondary N) is 1. The summed E-state index contributed by atoms with van der Waals surface area (Å²) < 4.78 is 45.6. The maximum Gasteiger partial charge on any atom is 0.573 e. The lowest BCUT2D eigenvalue weighted by Gasteiger charge is -2.10. The molecule has 2 aromatic rings. The lowest BCUT2D eigenvalue weighted by molar-refractivity contribution is -0.274. The van der Waals surface area contributed by atoms with Crippen LogP contribution in [-0.2, 0) is 0 Å². The molecule has 0 radical (unpaired) electrons. The van der Waals surface area contributed by atoms with Crippen LogP contribution >= 0.6 is 0 Å². The van der Waals surface area contributed by atoms with E-state index in [1.165, 1.54) is 12.1 Å². The van der Waals surface area contributed by atoms with Crippen LogP contribution in [0.15, 0.2) is 60.7 Å². The molecule has 0 aromatic heterocycles. The van der Waals surface area contributed by atoms with E-state index in [4.69, 9.17) is 10.5 Å². The largest absolute Gasteiger partial charge is 0.573 e. The minimum Gasteiger partial charge on any atom is -0.489 e. The van der Waals surface area contributed by atoms with Crippen molar-refractivity contribution in [3.05, 3.63) is 66.2 Å². The van der Waals surface area contributed by atoms with E-state index in [0.29, 0.717) is 23.5 Å². The first kappa shape index (κ1) is 19.3. The van der Waals surface area contributed by atoms with Crippen molar-refractivity contribution in [1.82, 2.24) is 0 Å². The first-order chi connectivity index (χ1) is 12.3. The predicted octanol–water partition coefficient (Wildman–Crippen LogP) is 3.73. The van der Waals surface area contributed by atoms with Crippen LogP contribution in [0, 0.1) is 0 Å². The zero-order chi connectivity index (χ0) is 19.2. The molecule has 0 spiro atoms. The maximum absolute atomic E-state index is 12.2. The van der Waals surface area contributed by atoms with E-state index in [9.17, 15) is 18.0 Å². The Labute approximate surface area is 148 Å². The molecule has 0 aliphatic rings. The lowest BCUT2D eigenvalue weighted by atomic mass is 10.2. The number of benzene rings is 2. The molecule has 26 heavy (non-hydrogen) atoms. The average Bonchev–Trinajstić information content (AvgIpc) is 2.60. The van der Waals surface area contributed by atoms with Gasteiger partial charge in [-0.15, -0.1) is 13.2 Å². The van der Waals surface area contributed by atoms with Crippen LogP contribution in [0.3, 0.4) is 0 Å². The number of rotatable bonds is 7. The Bertz CT molecular complexity index is 757. The summed E-state index contributed by atoms with van der Waals surface area (Å²) in [6.07, 6.45) is -4.76. The van der Waals surface area contributed by atoms with Crippen molar-refractivity contribution in [2.45, 2.75) is 6.36 Å². The summed E-state index contributed by atoms with van der Waals surface area (Å²) in [5.74, 6) is -0.215. The zero-order valence-electron chi connectivity index (χ0n) is 13.7. The van der Waals surface area contributed by atoms with Crippen LogP contribution in [0.1, 0.15) is 10.4 Å². The quantitative estimate of drug-likeness (QED) is 0.733. The number of nitrogens with two attached hydrogens (primary N) is 1. The van der Waals surface area contributed by atoms with E-state index >= 15 is 0 Å². The van der Waals surface area contributed by atoms with E-state index in [1.807, 2.05) is 0 Å². The molecule has 3 N–H and O–H groups in total. The van der Waals surface area contributed by atoms with E-state index in [-0.39, 0.29) is 12.4 Å². The summed E-state index contributed by atoms with van der Waals surface area (Å²) >= 11 is 0. The van der Waals surface area contributed by atoms with Gasteiger partial charge in [-0.1, -0.05) is 6.58 Å². The second-order valence-corrected chi connectivity index (χ2v) is 5.29. The Balaban J connectivity index is 1.94. The highest BCUT2D eigenvalue weighted by Crippen LogP contribution is 2.24. The van der Waals surface area contributed by atoms with Crippen molar-refractivity contribution >= 4 is 11.6 Å². The van der Waals surface area contributed by atoms with Gasteiger partial charge in [-0.25, -0.2) is 0 Å². The molecular formula is C18H17F3N2O3. The van der Waals surface area contributed by atoms with Crippen LogP contribution in [0.2, 0.25) is 0 Å². The van der Waals surface area contributed by atoms with Gasteiger partial charge in [0.1, 0.15) is 18.1 Å². The predicted molar refractivity (Wildman–Crippen MR) is 91.2 cm³/mol. The Morgan fingerprint density at radius 2 is 1.62 bits per heavy atom. The average molecular weight is 366 g/mol. The molecule has 8 heteroatoms. The molecule has 0 saturated carbocycles. The molecule has 0 aliphatic carbocycles. The summed E-state index contributed by atoms with van der Waals surface area (Å²) in [5.41, 5.74) is 6.86. The van der Waals surface area contributed by atoms with Crippen LogP contribution in [0.5, 0.6) is 11.5 Å². The maximum atomic E-state index is 12.2. The molecule has 0 unspecified atom stereocenters. The van der Waals surface area contributed by atoms with Gasteiger partial charge in [0.15, 0.2) is 0 Å². The van der Waals surface area contributed by atoms with Crippen LogP contribution in [-0.4, -0.2) is 25.4 Å². The molecule has 2 rings (SSSR count). The first-order valence-electron chi connectivity index (χ1n) is 7.53. The highest BCUT2D eigenvalue weighted by molar-refractivity contribution is 6.04. The number of ether oxygens (including phenoxy) is 2. The van der Waals surface area contributed by atoms with Crippen LogP contribution < -0.4 is 20.5 Å². The third kappa shape index (κ3) is 6.14. The zero-order valence-corrected chi connectivity index (χ0v) is 13.7. The normalized spacial score (nSPS) is 10.9. The van der Waals surface area contributed by atoms with Crippen molar-refractivity contribution in [3.63, 3.8) is 0 Å². The molecule has 138 valence electrons. The molecule has 0 bridgehead atoms. The summed E-state index contributed by atoms with van der Waals surface area (Å²) in [4.78, 5) is 12.2. The fourth-order valence-corrected chi connectivity index (χ4v) is 1.89.